The molecular weight excluding hydrogens is 228 g/mol. The number of aryl methyl sites for hydroxylation is 2. The van der Waals surface area contributed by atoms with Crippen molar-refractivity contribution in [2.75, 3.05) is 6.54 Å². The molecule has 1 aromatic rings. The van der Waals surface area contributed by atoms with Gasteiger partial charge in [-0.05, 0) is 50.9 Å². The van der Waals surface area contributed by atoms with E-state index in [1.807, 2.05) is 11.8 Å². The predicted octanol–water partition coefficient (Wildman–Crippen LogP) is 3.32. The lowest BCUT2D eigenvalue weighted by Crippen LogP contribution is -2.33. The lowest BCUT2D eigenvalue weighted by atomic mass is 10.2. The van der Waals surface area contributed by atoms with E-state index in [1.54, 1.807) is 0 Å². The van der Waals surface area contributed by atoms with Crippen LogP contribution in [-0.4, -0.2) is 22.8 Å². The van der Waals surface area contributed by atoms with Crippen LogP contribution >= 0.6 is 11.8 Å². The first-order valence-corrected chi connectivity index (χ1v) is 7.42. The minimum atomic E-state index is 0.674. The fourth-order valence-corrected chi connectivity index (χ4v) is 4.02. The summed E-state index contributed by atoms with van der Waals surface area (Å²) in [6.45, 7) is 7.49. The van der Waals surface area contributed by atoms with Crippen LogP contribution in [0.15, 0.2) is 17.2 Å². The number of nitrogens with one attached hydrogen (secondary N) is 1. The minimum Gasteiger partial charge on any atom is -0.313 e. The Balaban J connectivity index is 2.04. The number of rotatable bonds is 4. The normalized spacial score (nSPS) is 24.2. The van der Waals surface area contributed by atoms with E-state index in [0.29, 0.717) is 11.3 Å². The Bertz CT molecular complexity index is 358. The third kappa shape index (κ3) is 3.46. The van der Waals surface area contributed by atoms with Crippen LogP contribution in [-0.2, 0) is 0 Å². The fraction of sp³-hybridized carbons (Fsp3) is 0.643. The fourth-order valence-electron chi connectivity index (χ4n) is 2.58. The van der Waals surface area contributed by atoms with Crippen molar-refractivity contribution >= 4 is 11.8 Å². The molecule has 1 aliphatic rings. The Hall–Kier alpha value is -0.540. The number of thioether (sulfide) groups is 1. The van der Waals surface area contributed by atoms with Crippen LogP contribution < -0.4 is 5.32 Å². The second-order valence-corrected chi connectivity index (χ2v) is 6.13. The summed E-state index contributed by atoms with van der Waals surface area (Å²) in [7, 11) is 0. The molecule has 3 heteroatoms. The molecule has 94 valence electrons. The van der Waals surface area contributed by atoms with Crippen molar-refractivity contribution in [1.82, 2.24) is 10.3 Å². The second-order valence-electron chi connectivity index (χ2n) is 4.88. The molecule has 1 saturated carbocycles. The molecule has 0 aromatic carbocycles. The molecule has 2 rings (SSSR count). The van der Waals surface area contributed by atoms with Crippen molar-refractivity contribution in [1.29, 1.82) is 0 Å². The van der Waals surface area contributed by atoms with Gasteiger partial charge in [-0.3, -0.25) is 0 Å². The molecule has 0 spiro atoms. The predicted molar refractivity (Wildman–Crippen MR) is 74.7 cm³/mol. The smallest absolute Gasteiger partial charge is 0.0968 e. The number of pyridine rings is 1. The van der Waals surface area contributed by atoms with Gasteiger partial charge in [0.15, 0.2) is 0 Å². The summed E-state index contributed by atoms with van der Waals surface area (Å²) in [5.41, 5.74) is 2.45. The van der Waals surface area contributed by atoms with Crippen LogP contribution in [0.4, 0.5) is 0 Å². The van der Waals surface area contributed by atoms with E-state index in [-0.39, 0.29) is 0 Å². The second kappa shape index (κ2) is 5.87. The lowest BCUT2D eigenvalue weighted by molar-refractivity contribution is 0.550. The highest BCUT2D eigenvalue weighted by atomic mass is 32.2. The van der Waals surface area contributed by atoms with E-state index in [0.717, 1.165) is 12.2 Å². The highest BCUT2D eigenvalue weighted by molar-refractivity contribution is 7.99. The molecule has 1 N–H and O–H groups in total. The standard InChI is InChI=1S/C14H22N2S/c1-4-15-12-6-5-7-13(12)17-14-9-10(2)8-11(3)16-14/h8-9,12-13,15H,4-7H2,1-3H3. The van der Waals surface area contributed by atoms with E-state index in [2.05, 4.69) is 43.2 Å². The third-order valence-electron chi connectivity index (χ3n) is 3.27. The van der Waals surface area contributed by atoms with E-state index < -0.39 is 0 Å². The van der Waals surface area contributed by atoms with Crippen molar-refractivity contribution in [2.45, 2.75) is 56.4 Å². The summed E-state index contributed by atoms with van der Waals surface area (Å²) in [6, 6.07) is 5.02. The number of hydrogen-bond acceptors (Lipinski definition) is 3. The average Bonchev–Trinajstić information content (AvgIpc) is 2.65. The van der Waals surface area contributed by atoms with E-state index in [9.17, 15) is 0 Å². The molecule has 1 fully saturated rings. The largest absolute Gasteiger partial charge is 0.313 e. The van der Waals surface area contributed by atoms with Gasteiger partial charge >= 0.3 is 0 Å². The number of nitrogens with zero attached hydrogens (tertiary/aromatic N) is 1. The summed E-state index contributed by atoms with van der Waals surface area (Å²) in [5, 5.41) is 5.49. The Kier molecular flexibility index (Phi) is 4.46. The first-order chi connectivity index (χ1) is 8.19. The Labute approximate surface area is 109 Å². The van der Waals surface area contributed by atoms with Crippen LogP contribution in [0.3, 0.4) is 0 Å². The first-order valence-electron chi connectivity index (χ1n) is 6.54. The van der Waals surface area contributed by atoms with Crippen LogP contribution in [0.2, 0.25) is 0 Å². The summed E-state index contributed by atoms with van der Waals surface area (Å²) in [4.78, 5) is 4.63. The molecule has 17 heavy (non-hydrogen) atoms. The zero-order chi connectivity index (χ0) is 12.3. The molecule has 0 aliphatic heterocycles. The quantitative estimate of drug-likeness (QED) is 0.887. The SMILES string of the molecule is CCNC1CCCC1Sc1cc(C)cc(C)n1. The molecular formula is C14H22N2S. The molecule has 2 atom stereocenters. The zero-order valence-electron chi connectivity index (χ0n) is 11.0. The van der Waals surface area contributed by atoms with Gasteiger partial charge in [-0.15, -0.1) is 11.8 Å². The molecule has 1 aromatic heterocycles. The summed E-state index contributed by atoms with van der Waals surface area (Å²) in [5.74, 6) is 0. The molecule has 1 heterocycles. The first kappa shape index (κ1) is 12.9. The number of hydrogen-bond donors (Lipinski definition) is 1. The monoisotopic (exact) mass is 250 g/mol. The molecule has 0 saturated heterocycles. The minimum absolute atomic E-state index is 0.674. The maximum absolute atomic E-state index is 4.63. The van der Waals surface area contributed by atoms with E-state index >= 15 is 0 Å². The number of aromatic nitrogens is 1. The van der Waals surface area contributed by atoms with Gasteiger partial charge in [0, 0.05) is 17.0 Å². The average molecular weight is 250 g/mol. The van der Waals surface area contributed by atoms with Gasteiger partial charge < -0.3 is 5.32 Å². The summed E-state index contributed by atoms with van der Waals surface area (Å²) < 4.78 is 0. The summed E-state index contributed by atoms with van der Waals surface area (Å²) >= 11 is 1.95. The van der Waals surface area contributed by atoms with E-state index in [1.165, 1.54) is 29.9 Å². The molecule has 0 bridgehead atoms. The van der Waals surface area contributed by atoms with Crippen molar-refractivity contribution < 1.29 is 0 Å². The Morgan fingerprint density at radius 1 is 1.35 bits per heavy atom. The van der Waals surface area contributed by atoms with Gasteiger partial charge in [0.1, 0.15) is 0 Å². The van der Waals surface area contributed by atoms with E-state index in [4.69, 9.17) is 0 Å². The van der Waals surface area contributed by atoms with Gasteiger partial charge in [0.05, 0.1) is 5.03 Å². The molecule has 2 unspecified atom stereocenters. The van der Waals surface area contributed by atoms with Gasteiger partial charge in [0.25, 0.3) is 0 Å². The summed E-state index contributed by atoms with van der Waals surface area (Å²) in [6.07, 6.45) is 3.98. The van der Waals surface area contributed by atoms with Gasteiger partial charge in [-0.2, -0.15) is 0 Å². The highest BCUT2D eigenvalue weighted by Crippen LogP contribution is 2.34. The van der Waals surface area contributed by atoms with Gasteiger partial charge in [0.2, 0.25) is 0 Å². The van der Waals surface area contributed by atoms with Crippen molar-refractivity contribution in [2.24, 2.45) is 0 Å². The van der Waals surface area contributed by atoms with Crippen molar-refractivity contribution in [3.8, 4) is 0 Å². The van der Waals surface area contributed by atoms with Crippen LogP contribution in [0.25, 0.3) is 0 Å². The maximum atomic E-state index is 4.63. The molecule has 0 amide bonds. The highest BCUT2D eigenvalue weighted by Gasteiger charge is 2.27. The van der Waals surface area contributed by atoms with Crippen molar-refractivity contribution in [3.63, 3.8) is 0 Å². The maximum Gasteiger partial charge on any atom is 0.0968 e. The molecule has 1 aliphatic carbocycles. The van der Waals surface area contributed by atoms with Crippen molar-refractivity contribution in [3.05, 3.63) is 23.4 Å². The molecule has 0 radical (unpaired) electrons. The van der Waals surface area contributed by atoms with Crippen LogP contribution in [0.5, 0.6) is 0 Å². The van der Waals surface area contributed by atoms with Crippen LogP contribution in [0.1, 0.15) is 37.4 Å². The molecule has 2 nitrogen and oxygen atoms in total. The third-order valence-corrected chi connectivity index (χ3v) is 4.58. The Morgan fingerprint density at radius 3 is 2.88 bits per heavy atom. The van der Waals surface area contributed by atoms with Gasteiger partial charge in [-0.25, -0.2) is 4.98 Å². The topological polar surface area (TPSA) is 24.9 Å². The lowest BCUT2D eigenvalue weighted by Gasteiger charge is -2.19. The van der Waals surface area contributed by atoms with Crippen LogP contribution in [0, 0.1) is 13.8 Å². The zero-order valence-corrected chi connectivity index (χ0v) is 11.8. The Morgan fingerprint density at radius 2 is 2.18 bits per heavy atom. The van der Waals surface area contributed by atoms with Gasteiger partial charge in [-0.1, -0.05) is 13.3 Å².